The lowest BCUT2D eigenvalue weighted by Crippen LogP contribution is -2.14. The van der Waals surface area contributed by atoms with Crippen LogP contribution in [-0.4, -0.2) is 14.6 Å². The largest absolute Gasteiger partial charge is 0.432 e. The molecule has 2 aromatic heterocycles. The van der Waals surface area contributed by atoms with Gasteiger partial charge in [0.2, 0.25) is 0 Å². The molecule has 14 heavy (non-hydrogen) atoms. The summed E-state index contributed by atoms with van der Waals surface area (Å²) in [6, 6.07) is 1.85. The molecule has 0 radical (unpaired) electrons. The van der Waals surface area contributed by atoms with E-state index < -0.39 is 17.4 Å². The number of rotatable bonds is 0. The number of alkyl halides is 3. The van der Waals surface area contributed by atoms with Gasteiger partial charge in [-0.25, -0.2) is 9.50 Å². The van der Waals surface area contributed by atoms with Crippen molar-refractivity contribution in [2.75, 3.05) is 0 Å². The summed E-state index contributed by atoms with van der Waals surface area (Å²) in [4.78, 5) is 14.7. The highest BCUT2D eigenvalue weighted by Gasteiger charge is 2.33. The first-order valence-electron chi connectivity index (χ1n) is 3.62. The van der Waals surface area contributed by atoms with Crippen LogP contribution in [0, 0.1) is 0 Å². The second kappa shape index (κ2) is 2.60. The van der Waals surface area contributed by atoms with E-state index in [1.807, 2.05) is 5.10 Å². The number of aromatic nitrogens is 3. The molecule has 0 fully saturated rings. The Labute approximate surface area is 75.0 Å². The van der Waals surface area contributed by atoms with Gasteiger partial charge in [-0.2, -0.15) is 13.2 Å². The molecule has 0 unspecified atom stereocenters. The first kappa shape index (κ1) is 8.79. The molecule has 0 aliphatic carbocycles. The number of fused-ring (bicyclic) bond motifs is 1. The lowest BCUT2D eigenvalue weighted by molar-refractivity contribution is -0.141. The predicted molar refractivity (Wildman–Crippen MR) is 40.8 cm³/mol. The minimum absolute atomic E-state index is 0.0511. The van der Waals surface area contributed by atoms with E-state index in [0.29, 0.717) is 0 Å². The quantitative estimate of drug-likeness (QED) is 0.695. The Morgan fingerprint density at radius 1 is 1.43 bits per heavy atom. The van der Waals surface area contributed by atoms with Crippen LogP contribution in [0.1, 0.15) is 5.69 Å². The van der Waals surface area contributed by atoms with E-state index in [0.717, 1.165) is 22.8 Å². The van der Waals surface area contributed by atoms with Gasteiger partial charge in [0.05, 0.1) is 0 Å². The van der Waals surface area contributed by atoms with Crippen LogP contribution in [0.15, 0.2) is 23.1 Å². The molecule has 0 aliphatic heterocycles. The van der Waals surface area contributed by atoms with Crippen LogP contribution < -0.4 is 5.56 Å². The summed E-state index contributed by atoms with van der Waals surface area (Å²) in [5.74, 6) is 0. The van der Waals surface area contributed by atoms with Crippen molar-refractivity contribution in [2.45, 2.75) is 6.18 Å². The van der Waals surface area contributed by atoms with Gasteiger partial charge in [0.25, 0.3) is 5.56 Å². The zero-order valence-electron chi connectivity index (χ0n) is 6.67. The van der Waals surface area contributed by atoms with Crippen molar-refractivity contribution >= 4 is 5.65 Å². The topological polar surface area (TPSA) is 50.2 Å². The molecule has 7 heteroatoms. The number of nitrogens with one attached hydrogen (secondary N) is 1. The first-order chi connectivity index (χ1) is 6.48. The molecule has 0 saturated heterocycles. The monoisotopic (exact) mass is 203 g/mol. The van der Waals surface area contributed by atoms with Crippen molar-refractivity contribution in [3.05, 3.63) is 34.4 Å². The van der Waals surface area contributed by atoms with Crippen LogP contribution in [0.5, 0.6) is 0 Å². The smallest absolute Gasteiger partial charge is 0.285 e. The molecule has 4 nitrogen and oxygen atoms in total. The summed E-state index contributed by atoms with van der Waals surface area (Å²) in [5, 5.41) is 1.92. The molecular formula is C7H4F3N3O. The third kappa shape index (κ3) is 1.26. The maximum atomic E-state index is 12.2. The molecule has 0 saturated carbocycles. The predicted octanol–water partition coefficient (Wildman–Crippen LogP) is 1.04. The maximum Gasteiger partial charge on any atom is 0.432 e. The van der Waals surface area contributed by atoms with Crippen LogP contribution in [0.25, 0.3) is 5.65 Å². The first-order valence-corrected chi connectivity index (χ1v) is 3.62. The summed E-state index contributed by atoms with van der Waals surface area (Å²) in [5.41, 5.74) is -1.62. The van der Waals surface area contributed by atoms with E-state index in [1.54, 1.807) is 0 Å². The van der Waals surface area contributed by atoms with Crippen LogP contribution in [-0.2, 0) is 6.18 Å². The lowest BCUT2D eigenvalue weighted by atomic mass is 10.4. The average Bonchev–Trinajstić information content (AvgIpc) is 2.48. The van der Waals surface area contributed by atoms with Gasteiger partial charge < -0.3 is 0 Å². The van der Waals surface area contributed by atoms with E-state index in [1.165, 1.54) is 0 Å². The van der Waals surface area contributed by atoms with Crippen molar-refractivity contribution in [1.29, 1.82) is 0 Å². The van der Waals surface area contributed by atoms with Crippen molar-refractivity contribution in [3.63, 3.8) is 0 Å². The zero-order chi connectivity index (χ0) is 10.3. The highest BCUT2D eigenvalue weighted by Crippen LogP contribution is 2.27. The SMILES string of the molecule is O=c1ccnc2cc(C(F)(F)F)[nH]n12. The van der Waals surface area contributed by atoms with E-state index in [9.17, 15) is 18.0 Å². The van der Waals surface area contributed by atoms with Gasteiger partial charge in [-0.15, -0.1) is 0 Å². The molecule has 0 aromatic carbocycles. The fraction of sp³-hybridized carbons (Fsp3) is 0.143. The van der Waals surface area contributed by atoms with Gasteiger partial charge in [0.1, 0.15) is 5.69 Å². The van der Waals surface area contributed by atoms with Gasteiger partial charge in [0, 0.05) is 18.3 Å². The number of nitrogens with zero attached hydrogens (tertiary/aromatic N) is 2. The minimum atomic E-state index is -4.50. The Balaban J connectivity index is 2.75. The number of hydrogen-bond donors (Lipinski definition) is 1. The zero-order valence-corrected chi connectivity index (χ0v) is 6.67. The van der Waals surface area contributed by atoms with Crippen LogP contribution in [0.3, 0.4) is 0 Å². The molecule has 2 aromatic rings. The Kier molecular flexibility index (Phi) is 1.63. The molecule has 0 atom stereocenters. The lowest BCUT2D eigenvalue weighted by Gasteiger charge is -2.00. The summed E-state index contributed by atoms with van der Waals surface area (Å²) in [7, 11) is 0. The van der Waals surface area contributed by atoms with Gasteiger partial charge in [-0.1, -0.05) is 0 Å². The van der Waals surface area contributed by atoms with E-state index >= 15 is 0 Å². The van der Waals surface area contributed by atoms with E-state index in [-0.39, 0.29) is 5.65 Å². The summed E-state index contributed by atoms with van der Waals surface area (Å²) >= 11 is 0. The highest BCUT2D eigenvalue weighted by molar-refractivity contribution is 5.38. The standard InChI is InChI=1S/C7H4F3N3O/c8-7(9,10)4-3-5-11-2-1-6(14)13(5)12-4/h1-3,12H. The third-order valence-corrected chi connectivity index (χ3v) is 1.68. The molecule has 74 valence electrons. The van der Waals surface area contributed by atoms with Crippen LogP contribution >= 0.6 is 0 Å². The van der Waals surface area contributed by atoms with Crippen LogP contribution in [0.4, 0.5) is 13.2 Å². The normalized spacial score (nSPS) is 12.2. The van der Waals surface area contributed by atoms with Gasteiger partial charge in [-0.05, 0) is 0 Å². The number of aromatic amines is 1. The maximum absolute atomic E-state index is 12.2. The van der Waals surface area contributed by atoms with Gasteiger partial charge >= 0.3 is 6.18 Å². The molecule has 2 heterocycles. The fourth-order valence-electron chi connectivity index (χ4n) is 1.06. The Hall–Kier alpha value is -1.79. The van der Waals surface area contributed by atoms with Gasteiger partial charge in [-0.3, -0.25) is 9.89 Å². The molecule has 2 rings (SSSR count). The van der Waals surface area contributed by atoms with Crippen molar-refractivity contribution in [2.24, 2.45) is 0 Å². The molecule has 0 spiro atoms. The average molecular weight is 203 g/mol. The molecule has 0 aliphatic rings. The van der Waals surface area contributed by atoms with E-state index in [2.05, 4.69) is 4.98 Å². The van der Waals surface area contributed by atoms with Crippen LogP contribution in [0.2, 0.25) is 0 Å². The minimum Gasteiger partial charge on any atom is -0.285 e. The van der Waals surface area contributed by atoms with Crippen molar-refractivity contribution in [1.82, 2.24) is 14.6 Å². The Morgan fingerprint density at radius 3 is 2.71 bits per heavy atom. The molecule has 1 N–H and O–H groups in total. The van der Waals surface area contributed by atoms with E-state index in [4.69, 9.17) is 0 Å². The van der Waals surface area contributed by atoms with Gasteiger partial charge in [0.15, 0.2) is 5.65 Å². The third-order valence-electron chi connectivity index (χ3n) is 1.68. The summed E-state index contributed by atoms with van der Waals surface area (Å²) in [6.45, 7) is 0. The van der Waals surface area contributed by atoms with Crippen molar-refractivity contribution < 1.29 is 13.2 Å². The highest BCUT2D eigenvalue weighted by atomic mass is 19.4. The Morgan fingerprint density at radius 2 is 2.14 bits per heavy atom. The molecular weight excluding hydrogens is 199 g/mol. The second-order valence-corrected chi connectivity index (χ2v) is 2.64. The Bertz CT molecular complexity index is 525. The number of H-pyrrole nitrogens is 1. The summed E-state index contributed by atoms with van der Waals surface area (Å²) < 4.78 is 37.3. The van der Waals surface area contributed by atoms with Crippen molar-refractivity contribution in [3.8, 4) is 0 Å². The molecule has 0 bridgehead atoms. The fourth-order valence-corrected chi connectivity index (χ4v) is 1.06. The number of halogens is 3. The second-order valence-electron chi connectivity index (χ2n) is 2.64. The number of hydrogen-bond acceptors (Lipinski definition) is 2. The summed E-state index contributed by atoms with van der Waals surface area (Å²) in [6.07, 6.45) is -3.34. The molecule has 0 amide bonds.